The Morgan fingerprint density at radius 1 is 1.00 bits per heavy atom. The Labute approximate surface area is 140 Å². The molecule has 0 amide bonds. The van der Waals surface area contributed by atoms with Crippen LogP contribution in [0.15, 0.2) is 36.4 Å². The minimum atomic E-state index is -0.941. The summed E-state index contributed by atoms with van der Waals surface area (Å²) in [6.45, 7) is 5.83. The Bertz CT molecular complexity index is 961. The number of pyridine rings is 1. The first-order valence-corrected chi connectivity index (χ1v) is 7.71. The molecule has 1 aromatic heterocycles. The third-order valence-electron chi connectivity index (χ3n) is 4.31. The minimum absolute atomic E-state index is 0.284. The topological polar surface area (TPSA) is 59.4 Å². The Kier molecular flexibility index (Phi) is 3.97. The fourth-order valence-corrected chi connectivity index (χ4v) is 3.00. The quantitative estimate of drug-likeness (QED) is 0.769. The van der Waals surface area contributed by atoms with E-state index < -0.39 is 5.97 Å². The van der Waals surface area contributed by atoms with E-state index in [0.29, 0.717) is 11.1 Å². The number of fused-ring (bicyclic) bond motifs is 1. The number of aromatic carboxylic acids is 1. The molecule has 0 bridgehead atoms. The summed E-state index contributed by atoms with van der Waals surface area (Å²) in [4.78, 5) is 16.6. The van der Waals surface area contributed by atoms with Crippen LogP contribution in [0.1, 0.15) is 27.0 Å². The van der Waals surface area contributed by atoms with Gasteiger partial charge in [0.1, 0.15) is 5.75 Å². The lowest BCUT2D eigenvalue weighted by molar-refractivity contribution is 0.0699. The smallest absolute Gasteiger partial charge is 0.336 e. The van der Waals surface area contributed by atoms with Crippen molar-refractivity contribution < 1.29 is 14.6 Å². The van der Waals surface area contributed by atoms with E-state index in [1.807, 2.05) is 51.1 Å². The van der Waals surface area contributed by atoms with E-state index in [9.17, 15) is 9.90 Å². The van der Waals surface area contributed by atoms with Gasteiger partial charge in [-0.3, -0.25) is 0 Å². The fourth-order valence-electron chi connectivity index (χ4n) is 3.00. The Morgan fingerprint density at radius 3 is 2.33 bits per heavy atom. The first kappa shape index (κ1) is 16.0. The van der Waals surface area contributed by atoms with Crippen LogP contribution in [0.25, 0.3) is 22.2 Å². The summed E-state index contributed by atoms with van der Waals surface area (Å²) < 4.78 is 5.24. The maximum Gasteiger partial charge on any atom is 0.336 e. The van der Waals surface area contributed by atoms with Gasteiger partial charge in [-0.25, -0.2) is 9.78 Å². The molecular formula is C20H19NO3. The van der Waals surface area contributed by atoms with E-state index in [0.717, 1.165) is 33.5 Å². The van der Waals surface area contributed by atoms with Crippen LogP contribution in [0.4, 0.5) is 0 Å². The Hall–Kier alpha value is -2.88. The van der Waals surface area contributed by atoms with Crippen LogP contribution >= 0.6 is 0 Å². The van der Waals surface area contributed by atoms with Crippen molar-refractivity contribution in [2.24, 2.45) is 0 Å². The monoisotopic (exact) mass is 321 g/mol. The van der Waals surface area contributed by atoms with Gasteiger partial charge < -0.3 is 9.84 Å². The summed E-state index contributed by atoms with van der Waals surface area (Å²) in [5, 5.41) is 10.4. The van der Waals surface area contributed by atoms with Gasteiger partial charge in [0.25, 0.3) is 0 Å². The van der Waals surface area contributed by atoms with Gasteiger partial charge in [0, 0.05) is 10.9 Å². The molecule has 2 aromatic carbocycles. The number of hydrogen-bond donors (Lipinski definition) is 1. The number of rotatable bonds is 3. The van der Waals surface area contributed by atoms with Gasteiger partial charge in [-0.05, 0) is 61.7 Å². The molecule has 0 spiro atoms. The molecule has 0 saturated heterocycles. The summed E-state index contributed by atoms with van der Waals surface area (Å²) in [7, 11) is 1.62. The van der Waals surface area contributed by atoms with Crippen LogP contribution in [-0.2, 0) is 0 Å². The first-order valence-electron chi connectivity index (χ1n) is 7.71. The zero-order valence-electron chi connectivity index (χ0n) is 14.2. The van der Waals surface area contributed by atoms with Crippen molar-refractivity contribution in [1.29, 1.82) is 0 Å². The van der Waals surface area contributed by atoms with Crippen LogP contribution in [0.3, 0.4) is 0 Å². The lowest BCUT2D eigenvalue weighted by atomic mass is 9.97. The Morgan fingerprint density at radius 2 is 1.71 bits per heavy atom. The second-order valence-electron chi connectivity index (χ2n) is 5.96. The van der Waals surface area contributed by atoms with Gasteiger partial charge in [-0.15, -0.1) is 0 Å². The largest absolute Gasteiger partial charge is 0.497 e. The highest BCUT2D eigenvalue weighted by Crippen LogP contribution is 2.31. The van der Waals surface area contributed by atoms with Crippen molar-refractivity contribution in [3.8, 4) is 17.0 Å². The molecule has 4 heteroatoms. The molecule has 3 aromatic rings. The number of methoxy groups -OCH3 is 1. The maximum atomic E-state index is 11.8. The van der Waals surface area contributed by atoms with E-state index in [1.54, 1.807) is 13.2 Å². The lowest BCUT2D eigenvalue weighted by Crippen LogP contribution is -2.03. The SMILES string of the molecule is COc1ccc(-c2cc(C(=O)O)c3c(C)ccc(C)c3n2)c(C)c1. The molecule has 0 unspecified atom stereocenters. The molecule has 0 atom stereocenters. The van der Waals surface area contributed by atoms with Crippen molar-refractivity contribution in [3.05, 3.63) is 58.7 Å². The number of aromatic nitrogens is 1. The number of carboxylic acid groups (broad SMARTS) is 1. The molecular weight excluding hydrogens is 302 g/mol. The summed E-state index contributed by atoms with van der Waals surface area (Å²) in [6, 6.07) is 11.3. The zero-order valence-corrected chi connectivity index (χ0v) is 14.2. The number of nitrogens with zero attached hydrogens (tertiary/aromatic N) is 1. The van der Waals surface area contributed by atoms with Crippen LogP contribution in [-0.4, -0.2) is 23.2 Å². The number of benzene rings is 2. The molecule has 3 rings (SSSR count). The molecule has 1 heterocycles. The number of carboxylic acids is 1. The zero-order chi connectivity index (χ0) is 17.4. The van der Waals surface area contributed by atoms with Gasteiger partial charge in [-0.2, -0.15) is 0 Å². The number of aryl methyl sites for hydroxylation is 3. The highest BCUT2D eigenvalue weighted by atomic mass is 16.5. The van der Waals surface area contributed by atoms with Crippen molar-refractivity contribution in [1.82, 2.24) is 4.98 Å². The predicted octanol–water partition coefficient (Wildman–Crippen LogP) is 4.53. The summed E-state index contributed by atoms with van der Waals surface area (Å²) in [6.07, 6.45) is 0. The van der Waals surface area contributed by atoms with Gasteiger partial charge in [0.15, 0.2) is 0 Å². The standard InChI is InChI=1S/C20H19NO3/c1-11-5-6-12(2)19-18(11)16(20(22)23)10-17(21-19)15-8-7-14(24-4)9-13(15)3/h5-10H,1-4H3,(H,22,23). The van der Waals surface area contributed by atoms with E-state index in [1.165, 1.54) is 0 Å². The highest BCUT2D eigenvalue weighted by Gasteiger charge is 2.17. The van der Waals surface area contributed by atoms with Crippen LogP contribution in [0.5, 0.6) is 5.75 Å². The maximum absolute atomic E-state index is 11.8. The van der Waals surface area contributed by atoms with Crippen LogP contribution < -0.4 is 4.74 Å². The number of carbonyl (C=O) groups is 1. The van der Waals surface area contributed by atoms with Gasteiger partial charge in [-0.1, -0.05) is 12.1 Å². The van der Waals surface area contributed by atoms with Crippen LogP contribution in [0, 0.1) is 20.8 Å². The molecule has 4 nitrogen and oxygen atoms in total. The fraction of sp³-hybridized carbons (Fsp3) is 0.200. The lowest BCUT2D eigenvalue weighted by Gasteiger charge is -2.13. The predicted molar refractivity (Wildman–Crippen MR) is 94.9 cm³/mol. The Balaban J connectivity index is 2.35. The molecule has 0 radical (unpaired) electrons. The molecule has 0 aliphatic carbocycles. The van der Waals surface area contributed by atoms with Gasteiger partial charge in [0.2, 0.25) is 0 Å². The molecule has 0 fully saturated rings. The average Bonchev–Trinajstić information content (AvgIpc) is 2.57. The summed E-state index contributed by atoms with van der Waals surface area (Å²) >= 11 is 0. The third-order valence-corrected chi connectivity index (χ3v) is 4.31. The van der Waals surface area contributed by atoms with Crippen molar-refractivity contribution >= 4 is 16.9 Å². The minimum Gasteiger partial charge on any atom is -0.497 e. The molecule has 0 aliphatic rings. The van der Waals surface area contributed by atoms with Gasteiger partial charge in [0.05, 0.1) is 23.9 Å². The number of hydrogen-bond acceptors (Lipinski definition) is 3. The van der Waals surface area contributed by atoms with Crippen molar-refractivity contribution in [2.75, 3.05) is 7.11 Å². The van der Waals surface area contributed by atoms with Gasteiger partial charge >= 0.3 is 5.97 Å². The molecule has 24 heavy (non-hydrogen) atoms. The molecule has 1 N–H and O–H groups in total. The van der Waals surface area contributed by atoms with Crippen molar-refractivity contribution in [3.63, 3.8) is 0 Å². The van der Waals surface area contributed by atoms with E-state index in [-0.39, 0.29) is 5.56 Å². The average molecular weight is 321 g/mol. The molecule has 122 valence electrons. The molecule has 0 saturated carbocycles. The second kappa shape index (κ2) is 5.96. The van der Waals surface area contributed by atoms with E-state index in [2.05, 4.69) is 0 Å². The second-order valence-corrected chi connectivity index (χ2v) is 5.96. The first-order chi connectivity index (χ1) is 11.4. The number of ether oxygens (including phenoxy) is 1. The van der Waals surface area contributed by atoms with E-state index >= 15 is 0 Å². The van der Waals surface area contributed by atoms with E-state index in [4.69, 9.17) is 9.72 Å². The highest BCUT2D eigenvalue weighted by molar-refractivity contribution is 6.06. The summed E-state index contributed by atoms with van der Waals surface area (Å²) in [5.74, 6) is -0.175. The third kappa shape index (κ3) is 2.60. The molecule has 0 aliphatic heterocycles. The van der Waals surface area contributed by atoms with Crippen LogP contribution in [0.2, 0.25) is 0 Å². The van der Waals surface area contributed by atoms with Crippen molar-refractivity contribution in [2.45, 2.75) is 20.8 Å². The summed E-state index contributed by atoms with van der Waals surface area (Å²) in [5.41, 5.74) is 5.45. The normalized spacial score (nSPS) is 10.8.